The molecule has 0 aromatic heterocycles. The monoisotopic (exact) mass is 209 g/mol. The minimum Gasteiger partial charge on any atom is -0.159 e. The van der Waals surface area contributed by atoms with E-state index in [4.69, 9.17) is 0 Å². The standard InChI is InChI=1S/C9H12F3S/c1-2-13-8-6-4-3-5-7-9(10,11)12/h2H,3-4,6,8H2,1H3. The second kappa shape index (κ2) is 7.14. The summed E-state index contributed by atoms with van der Waals surface area (Å²) in [5.74, 6) is 6.29. The van der Waals surface area contributed by atoms with E-state index >= 15 is 0 Å². The molecule has 0 aliphatic carbocycles. The highest BCUT2D eigenvalue weighted by Crippen LogP contribution is 2.12. The first-order chi connectivity index (χ1) is 6.06. The Morgan fingerprint density at radius 2 is 2.00 bits per heavy atom. The van der Waals surface area contributed by atoms with Crippen LogP contribution in [0.1, 0.15) is 26.2 Å². The van der Waals surface area contributed by atoms with Crippen LogP contribution in [-0.2, 0) is 0 Å². The average molecular weight is 209 g/mol. The Kier molecular flexibility index (Phi) is 6.97. The third-order valence-electron chi connectivity index (χ3n) is 1.21. The Morgan fingerprint density at radius 1 is 1.31 bits per heavy atom. The molecule has 75 valence electrons. The van der Waals surface area contributed by atoms with Gasteiger partial charge in [-0.2, -0.15) is 24.9 Å². The first kappa shape index (κ1) is 12.7. The topological polar surface area (TPSA) is 0 Å². The molecular weight excluding hydrogens is 197 g/mol. The quantitative estimate of drug-likeness (QED) is 0.492. The van der Waals surface area contributed by atoms with Crippen LogP contribution in [0.15, 0.2) is 0 Å². The lowest BCUT2D eigenvalue weighted by Crippen LogP contribution is -2.01. The Morgan fingerprint density at radius 3 is 2.54 bits per heavy atom. The summed E-state index contributed by atoms with van der Waals surface area (Å²) in [5.41, 5.74) is 0. The Bertz CT molecular complexity index is 176. The van der Waals surface area contributed by atoms with Crippen molar-refractivity contribution in [3.8, 4) is 11.8 Å². The third kappa shape index (κ3) is 11.7. The molecular formula is C9H12F3S. The van der Waals surface area contributed by atoms with Crippen LogP contribution in [0.4, 0.5) is 13.2 Å². The molecule has 0 aliphatic heterocycles. The minimum atomic E-state index is -4.33. The van der Waals surface area contributed by atoms with Gasteiger partial charge in [-0.25, -0.2) is 0 Å². The molecule has 0 unspecified atom stereocenters. The van der Waals surface area contributed by atoms with Gasteiger partial charge in [-0.05, 0) is 18.6 Å². The smallest absolute Gasteiger partial charge is 0.159 e. The summed E-state index contributed by atoms with van der Waals surface area (Å²) >= 11 is 1.68. The normalized spacial score (nSPS) is 10.8. The molecule has 0 amide bonds. The number of rotatable bonds is 5. The summed E-state index contributed by atoms with van der Waals surface area (Å²) in [6, 6.07) is 0. The summed E-state index contributed by atoms with van der Waals surface area (Å²) in [6.07, 6.45) is -2.33. The van der Waals surface area contributed by atoms with E-state index in [-0.39, 0.29) is 0 Å². The van der Waals surface area contributed by atoms with Gasteiger partial charge in [0.05, 0.1) is 0 Å². The van der Waals surface area contributed by atoms with Crippen LogP contribution in [0.5, 0.6) is 0 Å². The zero-order valence-corrected chi connectivity index (χ0v) is 8.26. The summed E-state index contributed by atoms with van der Waals surface area (Å²) < 4.78 is 34.5. The van der Waals surface area contributed by atoms with Crippen LogP contribution in [-0.4, -0.2) is 11.9 Å². The van der Waals surface area contributed by atoms with Crippen molar-refractivity contribution in [2.45, 2.75) is 32.4 Å². The average Bonchev–Trinajstić information content (AvgIpc) is 2.01. The first-order valence-electron chi connectivity index (χ1n) is 4.02. The maximum absolute atomic E-state index is 11.5. The second-order valence-corrected chi connectivity index (χ2v) is 3.58. The molecule has 0 bridgehead atoms. The van der Waals surface area contributed by atoms with E-state index in [1.54, 1.807) is 11.8 Å². The molecule has 0 fully saturated rings. The van der Waals surface area contributed by atoms with Crippen LogP contribution in [0.2, 0.25) is 0 Å². The largest absolute Gasteiger partial charge is 0.457 e. The van der Waals surface area contributed by atoms with E-state index in [1.165, 1.54) is 5.92 Å². The van der Waals surface area contributed by atoms with Crippen molar-refractivity contribution >= 4 is 11.8 Å². The zero-order chi connectivity index (χ0) is 10.2. The van der Waals surface area contributed by atoms with E-state index in [1.807, 2.05) is 12.7 Å². The summed E-state index contributed by atoms with van der Waals surface area (Å²) in [4.78, 5) is 0. The lowest BCUT2D eigenvalue weighted by atomic mass is 10.2. The molecule has 0 saturated heterocycles. The summed E-state index contributed by atoms with van der Waals surface area (Å²) in [5, 5.41) is 0. The summed E-state index contributed by atoms with van der Waals surface area (Å²) in [6.45, 7) is 1.94. The molecule has 4 heteroatoms. The van der Waals surface area contributed by atoms with Gasteiger partial charge in [-0.15, -0.1) is 0 Å². The van der Waals surface area contributed by atoms with Crippen LogP contribution in [0.25, 0.3) is 0 Å². The van der Waals surface area contributed by atoms with Gasteiger partial charge in [0.25, 0.3) is 0 Å². The van der Waals surface area contributed by atoms with E-state index in [0.717, 1.165) is 18.6 Å². The van der Waals surface area contributed by atoms with Crippen LogP contribution >= 0.6 is 11.8 Å². The predicted octanol–water partition coefficient (Wildman–Crippen LogP) is 3.64. The molecule has 0 atom stereocenters. The fourth-order valence-electron chi connectivity index (χ4n) is 0.679. The van der Waals surface area contributed by atoms with Crippen molar-refractivity contribution in [3.63, 3.8) is 0 Å². The van der Waals surface area contributed by atoms with Gasteiger partial charge >= 0.3 is 6.18 Å². The van der Waals surface area contributed by atoms with E-state index < -0.39 is 6.18 Å². The van der Waals surface area contributed by atoms with Crippen LogP contribution < -0.4 is 0 Å². The van der Waals surface area contributed by atoms with Gasteiger partial charge in [0.1, 0.15) is 0 Å². The molecule has 0 aromatic carbocycles. The van der Waals surface area contributed by atoms with E-state index in [2.05, 4.69) is 5.92 Å². The van der Waals surface area contributed by atoms with Crippen molar-refractivity contribution in [1.82, 2.24) is 0 Å². The highest BCUT2D eigenvalue weighted by Gasteiger charge is 2.22. The minimum absolute atomic E-state index is 0.337. The molecule has 1 radical (unpaired) electrons. The van der Waals surface area contributed by atoms with Crippen LogP contribution in [0.3, 0.4) is 0 Å². The maximum atomic E-state index is 11.5. The number of unbranched alkanes of at least 4 members (excludes halogenated alkanes) is 2. The number of hydrogen-bond donors (Lipinski definition) is 0. The predicted molar refractivity (Wildman–Crippen MR) is 50.1 cm³/mol. The van der Waals surface area contributed by atoms with E-state index in [9.17, 15) is 13.2 Å². The third-order valence-corrected chi connectivity index (χ3v) is 2.07. The van der Waals surface area contributed by atoms with Crippen molar-refractivity contribution in [3.05, 3.63) is 5.75 Å². The van der Waals surface area contributed by atoms with Crippen LogP contribution in [0, 0.1) is 17.6 Å². The molecule has 0 aromatic rings. The number of alkyl halides is 3. The van der Waals surface area contributed by atoms with Crippen molar-refractivity contribution in [2.75, 3.05) is 5.75 Å². The highest BCUT2D eigenvalue weighted by atomic mass is 32.2. The Balaban J connectivity index is 3.28. The zero-order valence-electron chi connectivity index (χ0n) is 7.45. The molecule has 0 aliphatic rings. The molecule has 13 heavy (non-hydrogen) atoms. The van der Waals surface area contributed by atoms with Crippen molar-refractivity contribution in [2.24, 2.45) is 0 Å². The molecule has 0 N–H and O–H groups in total. The fourth-order valence-corrected chi connectivity index (χ4v) is 1.29. The van der Waals surface area contributed by atoms with Crippen molar-refractivity contribution in [1.29, 1.82) is 0 Å². The first-order valence-corrected chi connectivity index (χ1v) is 5.07. The highest BCUT2D eigenvalue weighted by molar-refractivity contribution is 8.01. The lowest BCUT2D eigenvalue weighted by Gasteiger charge is -1.95. The molecule has 0 spiro atoms. The van der Waals surface area contributed by atoms with Gasteiger partial charge < -0.3 is 0 Å². The van der Waals surface area contributed by atoms with Gasteiger partial charge in [-0.3, -0.25) is 0 Å². The lowest BCUT2D eigenvalue weighted by molar-refractivity contribution is -0.0697. The maximum Gasteiger partial charge on any atom is 0.457 e. The molecule has 0 rings (SSSR count). The van der Waals surface area contributed by atoms with Gasteiger partial charge in [0, 0.05) is 18.1 Å². The summed E-state index contributed by atoms with van der Waals surface area (Å²) in [7, 11) is 0. The van der Waals surface area contributed by atoms with Gasteiger partial charge in [0.2, 0.25) is 0 Å². The van der Waals surface area contributed by atoms with Gasteiger partial charge in [-0.1, -0.05) is 12.8 Å². The number of thioether (sulfide) groups is 1. The van der Waals surface area contributed by atoms with Gasteiger partial charge in [0.15, 0.2) is 0 Å². The SMILES string of the molecule is C[CH]SCCCCC#CC(F)(F)F. The molecule has 0 heterocycles. The molecule has 0 saturated carbocycles. The van der Waals surface area contributed by atoms with Crippen molar-refractivity contribution < 1.29 is 13.2 Å². The van der Waals surface area contributed by atoms with E-state index in [0.29, 0.717) is 6.42 Å². The Hall–Kier alpha value is -0.300. The fraction of sp³-hybridized carbons (Fsp3) is 0.667. The number of hydrogen-bond acceptors (Lipinski definition) is 1. The number of halogens is 3. The molecule has 0 nitrogen and oxygen atoms in total. The Labute approximate surface area is 81.3 Å². The second-order valence-electron chi connectivity index (χ2n) is 2.36.